The molecule has 6 heteroatoms. The van der Waals surface area contributed by atoms with Gasteiger partial charge in [0.25, 0.3) is 0 Å². The number of amides is 1. The first-order valence-corrected chi connectivity index (χ1v) is 6.61. The molecule has 2 unspecified atom stereocenters. The SMILES string of the molecule is CC(=O)NC(C(=O)c1ccc2ccccc2c1)C(O)C(=O)O. The molecule has 0 heterocycles. The Labute approximate surface area is 126 Å². The van der Waals surface area contributed by atoms with Crippen molar-refractivity contribution in [1.29, 1.82) is 0 Å². The monoisotopic (exact) mass is 301 g/mol. The van der Waals surface area contributed by atoms with E-state index >= 15 is 0 Å². The summed E-state index contributed by atoms with van der Waals surface area (Å²) >= 11 is 0. The van der Waals surface area contributed by atoms with Gasteiger partial charge >= 0.3 is 5.97 Å². The molecule has 0 aliphatic heterocycles. The number of carboxylic acids is 1. The normalized spacial score (nSPS) is 13.4. The summed E-state index contributed by atoms with van der Waals surface area (Å²) in [4.78, 5) is 34.5. The number of aliphatic hydroxyl groups is 1. The van der Waals surface area contributed by atoms with E-state index < -0.39 is 29.8 Å². The Morgan fingerprint density at radius 1 is 1.05 bits per heavy atom. The number of aliphatic hydroxyl groups excluding tert-OH is 1. The summed E-state index contributed by atoms with van der Waals surface area (Å²) in [5, 5.41) is 22.4. The number of benzene rings is 2. The van der Waals surface area contributed by atoms with Crippen LogP contribution in [0.4, 0.5) is 0 Å². The minimum atomic E-state index is -2.01. The van der Waals surface area contributed by atoms with Gasteiger partial charge in [0.05, 0.1) is 0 Å². The second kappa shape index (κ2) is 6.36. The van der Waals surface area contributed by atoms with Gasteiger partial charge in [-0.1, -0.05) is 36.4 Å². The van der Waals surface area contributed by atoms with Crippen molar-refractivity contribution in [3.05, 3.63) is 48.0 Å². The highest BCUT2D eigenvalue weighted by Gasteiger charge is 2.33. The smallest absolute Gasteiger partial charge is 0.335 e. The first-order valence-electron chi connectivity index (χ1n) is 6.61. The molecular weight excluding hydrogens is 286 g/mol. The lowest BCUT2D eigenvalue weighted by Gasteiger charge is -2.19. The zero-order chi connectivity index (χ0) is 16.3. The third kappa shape index (κ3) is 3.29. The van der Waals surface area contributed by atoms with Crippen LogP contribution in [0.25, 0.3) is 10.8 Å². The van der Waals surface area contributed by atoms with Crippen molar-refractivity contribution in [2.45, 2.75) is 19.1 Å². The molecule has 0 spiro atoms. The largest absolute Gasteiger partial charge is 0.479 e. The Balaban J connectivity index is 2.39. The van der Waals surface area contributed by atoms with Crippen molar-refractivity contribution in [2.24, 2.45) is 0 Å². The van der Waals surface area contributed by atoms with Crippen LogP contribution in [0, 0.1) is 0 Å². The topological polar surface area (TPSA) is 104 Å². The zero-order valence-corrected chi connectivity index (χ0v) is 11.8. The first-order chi connectivity index (χ1) is 10.4. The second-order valence-corrected chi connectivity index (χ2v) is 4.89. The lowest BCUT2D eigenvalue weighted by Crippen LogP contribution is -2.51. The molecule has 0 bridgehead atoms. The molecule has 2 atom stereocenters. The van der Waals surface area contributed by atoms with Gasteiger partial charge in [0.15, 0.2) is 11.9 Å². The highest BCUT2D eigenvalue weighted by atomic mass is 16.4. The number of carbonyl (C=O) groups is 3. The van der Waals surface area contributed by atoms with E-state index in [2.05, 4.69) is 5.32 Å². The maximum absolute atomic E-state index is 12.4. The van der Waals surface area contributed by atoms with E-state index in [9.17, 15) is 19.5 Å². The predicted octanol–water partition coefficient (Wildman–Crippen LogP) is 0.973. The number of nitrogens with one attached hydrogen (secondary N) is 1. The van der Waals surface area contributed by atoms with Gasteiger partial charge in [-0.2, -0.15) is 0 Å². The molecule has 22 heavy (non-hydrogen) atoms. The molecule has 0 aliphatic rings. The summed E-state index contributed by atoms with van der Waals surface area (Å²) in [5.41, 5.74) is 0.220. The summed E-state index contributed by atoms with van der Waals surface area (Å²) in [6.07, 6.45) is -2.01. The standard InChI is InChI=1S/C16H15NO5/c1-9(18)17-13(15(20)16(21)22)14(19)12-7-6-10-4-2-3-5-11(10)8-12/h2-8,13,15,20H,1H3,(H,17,18)(H,21,22). The minimum absolute atomic E-state index is 0.220. The van der Waals surface area contributed by atoms with E-state index in [1.165, 1.54) is 6.07 Å². The minimum Gasteiger partial charge on any atom is -0.479 e. The van der Waals surface area contributed by atoms with Gasteiger partial charge in [-0.25, -0.2) is 4.79 Å². The Morgan fingerprint density at radius 2 is 1.68 bits per heavy atom. The Kier molecular flexibility index (Phi) is 4.53. The zero-order valence-electron chi connectivity index (χ0n) is 11.8. The van der Waals surface area contributed by atoms with Gasteiger partial charge in [-0.3, -0.25) is 9.59 Å². The molecule has 114 valence electrons. The molecule has 0 aromatic heterocycles. The molecule has 0 saturated heterocycles. The van der Waals surface area contributed by atoms with Gasteiger partial charge in [-0.05, 0) is 16.8 Å². The van der Waals surface area contributed by atoms with E-state index in [4.69, 9.17) is 5.11 Å². The summed E-state index contributed by atoms with van der Waals surface area (Å²) in [7, 11) is 0. The maximum atomic E-state index is 12.4. The molecule has 2 aromatic carbocycles. The van der Waals surface area contributed by atoms with Gasteiger partial charge in [0.1, 0.15) is 6.04 Å². The summed E-state index contributed by atoms with van der Waals surface area (Å²) in [6.45, 7) is 1.15. The molecule has 2 rings (SSSR count). The maximum Gasteiger partial charge on any atom is 0.335 e. The number of ketones is 1. The van der Waals surface area contributed by atoms with Crippen LogP contribution in [-0.4, -0.2) is 40.0 Å². The Hall–Kier alpha value is -2.73. The summed E-state index contributed by atoms with van der Waals surface area (Å²) in [5.74, 6) is -2.83. The van der Waals surface area contributed by atoms with Crippen molar-refractivity contribution < 1.29 is 24.6 Å². The van der Waals surface area contributed by atoms with Crippen molar-refractivity contribution in [1.82, 2.24) is 5.32 Å². The summed E-state index contributed by atoms with van der Waals surface area (Å²) < 4.78 is 0. The third-order valence-corrected chi connectivity index (χ3v) is 3.24. The fraction of sp³-hybridized carbons (Fsp3) is 0.188. The lowest BCUT2D eigenvalue weighted by molar-refractivity contribution is -0.147. The van der Waals surface area contributed by atoms with Crippen LogP contribution >= 0.6 is 0 Å². The molecule has 0 aliphatic carbocycles. The van der Waals surface area contributed by atoms with E-state index in [1.54, 1.807) is 12.1 Å². The predicted molar refractivity (Wildman–Crippen MR) is 79.5 cm³/mol. The van der Waals surface area contributed by atoms with Crippen LogP contribution in [0.1, 0.15) is 17.3 Å². The molecule has 1 amide bonds. The van der Waals surface area contributed by atoms with Crippen LogP contribution in [0.15, 0.2) is 42.5 Å². The fourth-order valence-corrected chi connectivity index (χ4v) is 2.17. The molecule has 0 radical (unpaired) electrons. The number of carbonyl (C=O) groups excluding carboxylic acids is 2. The van der Waals surface area contributed by atoms with Gasteiger partial charge in [-0.15, -0.1) is 0 Å². The van der Waals surface area contributed by atoms with Crippen molar-refractivity contribution in [2.75, 3.05) is 0 Å². The average Bonchev–Trinajstić information content (AvgIpc) is 2.50. The third-order valence-electron chi connectivity index (χ3n) is 3.24. The van der Waals surface area contributed by atoms with E-state index in [0.29, 0.717) is 0 Å². The lowest BCUT2D eigenvalue weighted by atomic mass is 9.97. The van der Waals surface area contributed by atoms with Crippen LogP contribution < -0.4 is 5.32 Å². The molecular formula is C16H15NO5. The van der Waals surface area contributed by atoms with Crippen molar-refractivity contribution >= 4 is 28.4 Å². The number of carboxylic acid groups (broad SMARTS) is 1. The number of hydrogen-bond donors (Lipinski definition) is 3. The quantitative estimate of drug-likeness (QED) is 0.714. The average molecular weight is 301 g/mol. The molecule has 3 N–H and O–H groups in total. The molecule has 0 saturated carbocycles. The second-order valence-electron chi connectivity index (χ2n) is 4.89. The van der Waals surface area contributed by atoms with E-state index in [1.807, 2.05) is 24.3 Å². The highest BCUT2D eigenvalue weighted by molar-refractivity contribution is 6.06. The molecule has 2 aromatic rings. The van der Waals surface area contributed by atoms with E-state index in [0.717, 1.165) is 17.7 Å². The van der Waals surface area contributed by atoms with Crippen molar-refractivity contribution in [3.8, 4) is 0 Å². The van der Waals surface area contributed by atoms with Crippen LogP contribution in [-0.2, 0) is 9.59 Å². The van der Waals surface area contributed by atoms with Crippen LogP contribution in [0.2, 0.25) is 0 Å². The van der Waals surface area contributed by atoms with Crippen LogP contribution in [0.5, 0.6) is 0 Å². The number of hydrogen-bond acceptors (Lipinski definition) is 4. The van der Waals surface area contributed by atoms with Gasteiger partial charge in [0, 0.05) is 12.5 Å². The van der Waals surface area contributed by atoms with E-state index in [-0.39, 0.29) is 5.56 Å². The number of aliphatic carboxylic acids is 1. The van der Waals surface area contributed by atoms with Crippen molar-refractivity contribution in [3.63, 3.8) is 0 Å². The first kappa shape index (κ1) is 15.7. The number of Topliss-reactive ketones (excluding diaryl/α,β-unsaturated/α-hetero) is 1. The fourth-order valence-electron chi connectivity index (χ4n) is 2.17. The van der Waals surface area contributed by atoms with Crippen LogP contribution in [0.3, 0.4) is 0 Å². The molecule has 0 fully saturated rings. The highest BCUT2D eigenvalue weighted by Crippen LogP contribution is 2.17. The Bertz CT molecular complexity index is 740. The van der Waals surface area contributed by atoms with Gasteiger partial charge < -0.3 is 15.5 Å². The summed E-state index contributed by atoms with van der Waals surface area (Å²) in [6, 6.07) is 10.7. The molecule has 6 nitrogen and oxygen atoms in total. The number of fused-ring (bicyclic) bond motifs is 1. The number of rotatable bonds is 5. The van der Waals surface area contributed by atoms with Gasteiger partial charge in [0.2, 0.25) is 5.91 Å². The Morgan fingerprint density at radius 3 is 2.27 bits per heavy atom.